The second-order valence-electron chi connectivity index (χ2n) is 3.08. The van der Waals surface area contributed by atoms with Crippen LogP contribution in [0.5, 0.6) is 0 Å². The highest BCUT2D eigenvalue weighted by atomic mass is 32.2. The molecule has 1 amide bonds. The average Bonchev–Trinajstić information content (AvgIpc) is 2.18. The van der Waals surface area contributed by atoms with Gasteiger partial charge in [0.1, 0.15) is 0 Å². The number of rotatable bonds is 6. The fourth-order valence-electron chi connectivity index (χ4n) is 0.956. The molecule has 1 N–H and O–H groups in total. The lowest BCUT2D eigenvalue weighted by molar-refractivity contribution is -0.154. The van der Waals surface area contributed by atoms with Crippen LogP contribution in [0.4, 0.5) is 0 Å². The summed E-state index contributed by atoms with van der Waals surface area (Å²) in [5.41, 5.74) is 0. The lowest BCUT2D eigenvalue weighted by Crippen LogP contribution is -2.38. The number of hydrogen-bond acceptors (Lipinski definition) is 4. The Labute approximate surface area is 95.1 Å². The van der Waals surface area contributed by atoms with Crippen molar-refractivity contribution in [2.75, 3.05) is 18.1 Å². The largest absolute Gasteiger partial charge is 0.459 e. The first-order chi connectivity index (χ1) is 7.11. The maximum Gasteiger partial charge on any atom is 0.396 e. The normalized spacial score (nSPS) is 11.9. The van der Waals surface area contributed by atoms with E-state index in [1.54, 1.807) is 6.92 Å². The fourth-order valence-corrected chi connectivity index (χ4v) is 1.76. The minimum Gasteiger partial charge on any atom is -0.459 e. The Morgan fingerprint density at radius 1 is 1.40 bits per heavy atom. The van der Waals surface area contributed by atoms with Crippen LogP contribution in [0.3, 0.4) is 0 Å². The molecule has 0 radical (unpaired) electrons. The Hall–Kier alpha value is -0.710. The van der Waals surface area contributed by atoms with Gasteiger partial charge in [0.05, 0.1) is 6.61 Å². The first kappa shape index (κ1) is 14.3. The highest BCUT2D eigenvalue weighted by molar-refractivity contribution is 7.99. The van der Waals surface area contributed by atoms with E-state index in [1.165, 1.54) is 0 Å². The van der Waals surface area contributed by atoms with E-state index >= 15 is 0 Å². The van der Waals surface area contributed by atoms with Crippen molar-refractivity contribution in [2.45, 2.75) is 33.2 Å². The van der Waals surface area contributed by atoms with Crippen molar-refractivity contribution in [1.29, 1.82) is 0 Å². The predicted molar refractivity (Wildman–Crippen MR) is 61.9 cm³/mol. The lowest BCUT2D eigenvalue weighted by Gasteiger charge is -2.12. The van der Waals surface area contributed by atoms with Gasteiger partial charge in [0.25, 0.3) is 0 Å². The summed E-state index contributed by atoms with van der Waals surface area (Å²) < 4.78 is 4.57. The van der Waals surface area contributed by atoms with E-state index in [-0.39, 0.29) is 12.6 Å². The average molecular weight is 233 g/mol. The molecule has 15 heavy (non-hydrogen) atoms. The third-order valence-electron chi connectivity index (χ3n) is 1.74. The van der Waals surface area contributed by atoms with Gasteiger partial charge in [-0.1, -0.05) is 6.92 Å². The van der Waals surface area contributed by atoms with Crippen molar-refractivity contribution in [3.8, 4) is 0 Å². The van der Waals surface area contributed by atoms with Gasteiger partial charge in [0.2, 0.25) is 0 Å². The fraction of sp³-hybridized carbons (Fsp3) is 0.800. The molecule has 0 aromatic rings. The predicted octanol–water partition coefficient (Wildman–Crippen LogP) is 1.20. The van der Waals surface area contributed by atoms with Crippen molar-refractivity contribution in [1.82, 2.24) is 5.32 Å². The summed E-state index contributed by atoms with van der Waals surface area (Å²) >= 11 is 1.81. The molecule has 0 aromatic carbocycles. The van der Waals surface area contributed by atoms with Gasteiger partial charge in [0.15, 0.2) is 0 Å². The summed E-state index contributed by atoms with van der Waals surface area (Å²) in [7, 11) is 0. The van der Waals surface area contributed by atoms with E-state index in [1.807, 2.05) is 18.7 Å². The molecule has 88 valence electrons. The zero-order valence-electron chi connectivity index (χ0n) is 9.54. The van der Waals surface area contributed by atoms with E-state index in [0.717, 1.165) is 17.9 Å². The van der Waals surface area contributed by atoms with Crippen molar-refractivity contribution in [3.05, 3.63) is 0 Å². The van der Waals surface area contributed by atoms with Crippen LogP contribution in [0.25, 0.3) is 0 Å². The Morgan fingerprint density at radius 2 is 2.07 bits per heavy atom. The quantitative estimate of drug-likeness (QED) is 0.425. The Kier molecular flexibility index (Phi) is 8.18. The molecule has 0 saturated heterocycles. The zero-order valence-corrected chi connectivity index (χ0v) is 10.4. The van der Waals surface area contributed by atoms with Gasteiger partial charge < -0.3 is 10.1 Å². The summed E-state index contributed by atoms with van der Waals surface area (Å²) in [6.07, 6.45) is 0.865. The standard InChI is InChI=1S/C10H19NO3S/c1-4-14-10(13)9(12)11-8(3)6-7-15-5-2/h8H,4-7H2,1-3H3,(H,11,12). The molecule has 0 saturated carbocycles. The van der Waals surface area contributed by atoms with Gasteiger partial charge in [0, 0.05) is 6.04 Å². The van der Waals surface area contributed by atoms with E-state index < -0.39 is 11.9 Å². The number of esters is 1. The molecular weight excluding hydrogens is 214 g/mol. The van der Waals surface area contributed by atoms with Crippen molar-refractivity contribution in [2.24, 2.45) is 0 Å². The Morgan fingerprint density at radius 3 is 2.60 bits per heavy atom. The number of nitrogens with one attached hydrogen (secondary N) is 1. The van der Waals surface area contributed by atoms with Crippen LogP contribution in [-0.4, -0.2) is 36.0 Å². The van der Waals surface area contributed by atoms with Gasteiger partial charge in [-0.15, -0.1) is 0 Å². The van der Waals surface area contributed by atoms with E-state index in [4.69, 9.17) is 0 Å². The number of amides is 1. The van der Waals surface area contributed by atoms with E-state index in [9.17, 15) is 9.59 Å². The molecule has 0 aromatic heterocycles. The van der Waals surface area contributed by atoms with Crippen LogP contribution in [0.15, 0.2) is 0 Å². The van der Waals surface area contributed by atoms with Crippen LogP contribution in [0, 0.1) is 0 Å². The third-order valence-corrected chi connectivity index (χ3v) is 2.67. The third kappa shape index (κ3) is 7.25. The number of carbonyl (C=O) groups excluding carboxylic acids is 2. The van der Waals surface area contributed by atoms with Crippen LogP contribution in [-0.2, 0) is 14.3 Å². The minimum atomic E-state index is -0.799. The molecule has 0 aliphatic heterocycles. The number of thioether (sulfide) groups is 1. The molecule has 4 nitrogen and oxygen atoms in total. The maximum atomic E-state index is 11.2. The van der Waals surface area contributed by atoms with Gasteiger partial charge in [-0.05, 0) is 31.8 Å². The molecule has 0 aliphatic carbocycles. The first-order valence-electron chi connectivity index (χ1n) is 5.17. The molecule has 0 spiro atoms. The van der Waals surface area contributed by atoms with Crippen molar-refractivity contribution in [3.63, 3.8) is 0 Å². The number of hydrogen-bond donors (Lipinski definition) is 1. The lowest BCUT2D eigenvalue weighted by atomic mass is 10.2. The maximum absolute atomic E-state index is 11.2. The number of ether oxygens (including phenoxy) is 1. The molecular formula is C10H19NO3S. The smallest absolute Gasteiger partial charge is 0.396 e. The van der Waals surface area contributed by atoms with Gasteiger partial charge in [-0.3, -0.25) is 4.79 Å². The Balaban J connectivity index is 3.70. The summed E-state index contributed by atoms with van der Waals surface area (Å²) in [6.45, 7) is 5.87. The van der Waals surface area contributed by atoms with E-state index in [0.29, 0.717) is 0 Å². The van der Waals surface area contributed by atoms with Gasteiger partial charge >= 0.3 is 11.9 Å². The topological polar surface area (TPSA) is 55.4 Å². The second-order valence-corrected chi connectivity index (χ2v) is 4.47. The highest BCUT2D eigenvalue weighted by Gasteiger charge is 2.16. The SMILES string of the molecule is CCOC(=O)C(=O)NC(C)CCSCC. The molecule has 0 rings (SSSR count). The Bertz CT molecular complexity index is 209. The molecule has 0 heterocycles. The van der Waals surface area contributed by atoms with Crippen LogP contribution in [0.1, 0.15) is 27.2 Å². The van der Waals surface area contributed by atoms with Gasteiger partial charge in [-0.25, -0.2) is 4.79 Å². The molecule has 5 heteroatoms. The van der Waals surface area contributed by atoms with Crippen LogP contribution in [0.2, 0.25) is 0 Å². The van der Waals surface area contributed by atoms with Crippen LogP contribution >= 0.6 is 11.8 Å². The minimum absolute atomic E-state index is 0.0148. The zero-order chi connectivity index (χ0) is 11.7. The molecule has 1 atom stereocenters. The monoisotopic (exact) mass is 233 g/mol. The summed E-state index contributed by atoms with van der Waals surface area (Å²) in [4.78, 5) is 22.2. The summed E-state index contributed by atoms with van der Waals surface area (Å²) in [5, 5.41) is 2.60. The van der Waals surface area contributed by atoms with Crippen LogP contribution < -0.4 is 5.32 Å². The van der Waals surface area contributed by atoms with E-state index in [2.05, 4.69) is 17.0 Å². The van der Waals surface area contributed by atoms with Crippen molar-refractivity contribution >= 4 is 23.6 Å². The van der Waals surface area contributed by atoms with Crippen molar-refractivity contribution < 1.29 is 14.3 Å². The molecule has 0 fully saturated rings. The highest BCUT2D eigenvalue weighted by Crippen LogP contribution is 2.03. The molecule has 0 aliphatic rings. The number of carbonyl (C=O) groups is 2. The molecule has 1 unspecified atom stereocenters. The summed E-state index contributed by atoms with van der Waals surface area (Å²) in [5.74, 6) is 0.609. The second kappa shape index (κ2) is 8.59. The molecule has 0 bridgehead atoms. The van der Waals surface area contributed by atoms with Gasteiger partial charge in [-0.2, -0.15) is 11.8 Å². The summed E-state index contributed by atoms with van der Waals surface area (Å²) in [6, 6.07) is 0.0148. The first-order valence-corrected chi connectivity index (χ1v) is 6.32.